The first-order valence-electron chi connectivity index (χ1n) is 6.20. The van der Waals surface area contributed by atoms with Crippen molar-refractivity contribution in [3.8, 4) is 11.5 Å². The molecule has 0 aliphatic carbocycles. The standard InChI is InChI=1S/C15H13BrClNO3/c1-9-5-11(8-17)3-4-14(9)21-15-10(2)6-12(16)7-13(15)18(19)20/h3-7H,8H2,1-2H3. The van der Waals surface area contributed by atoms with Gasteiger partial charge in [-0.05, 0) is 42.7 Å². The minimum absolute atomic E-state index is 0.0669. The molecule has 0 N–H and O–H groups in total. The Morgan fingerprint density at radius 2 is 1.95 bits per heavy atom. The van der Waals surface area contributed by atoms with E-state index in [0.717, 1.165) is 11.1 Å². The van der Waals surface area contributed by atoms with Gasteiger partial charge in [0.2, 0.25) is 5.75 Å². The van der Waals surface area contributed by atoms with E-state index < -0.39 is 4.92 Å². The molecule has 0 saturated heterocycles. The van der Waals surface area contributed by atoms with Crippen LogP contribution < -0.4 is 4.74 Å². The van der Waals surface area contributed by atoms with Crippen LogP contribution in [0.3, 0.4) is 0 Å². The highest BCUT2D eigenvalue weighted by Crippen LogP contribution is 2.38. The van der Waals surface area contributed by atoms with Crippen molar-refractivity contribution >= 4 is 33.2 Å². The Hall–Kier alpha value is -1.59. The zero-order valence-electron chi connectivity index (χ0n) is 11.5. The highest BCUT2D eigenvalue weighted by molar-refractivity contribution is 9.10. The van der Waals surface area contributed by atoms with Gasteiger partial charge in [-0.25, -0.2) is 0 Å². The number of halogens is 2. The second kappa shape index (κ2) is 6.45. The van der Waals surface area contributed by atoms with Gasteiger partial charge in [0.25, 0.3) is 0 Å². The highest BCUT2D eigenvalue weighted by Gasteiger charge is 2.20. The average molecular weight is 371 g/mol. The zero-order valence-corrected chi connectivity index (χ0v) is 13.9. The number of hydrogen-bond acceptors (Lipinski definition) is 3. The van der Waals surface area contributed by atoms with E-state index in [1.165, 1.54) is 6.07 Å². The van der Waals surface area contributed by atoms with Crippen LogP contribution in [0.2, 0.25) is 0 Å². The third kappa shape index (κ3) is 3.54. The van der Waals surface area contributed by atoms with Crippen molar-refractivity contribution < 1.29 is 9.66 Å². The van der Waals surface area contributed by atoms with Gasteiger partial charge >= 0.3 is 5.69 Å². The minimum atomic E-state index is -0.449. The van der Waals surface area contributed by atoms with Crippen molar-refractivity contribution in [3.63, 3.8) is 0 Å². The molecule has 4 nitrogen and oxygen atoms in total. The van der Waals surface area contributed by atoms with Crippen molar-refractivity contribution in [2.75, 3.05) is 0 Å². The van der Waals surface area contributed by atoms with Crippen molar-refractivity contribution in [2.24, 2.45) is 0 Å². The van der Waals surface area contributed by atoms with Crippen LogP contribution in [0.25, 0.3) is 0 Å². The van der Waals surface area contributed by atoms with Gasteiger partial charge in [-0.15, -0.1) is 11.6 Å². The maximum atomic E-state index is 11.2. The summed E-state index contributed by atoms with van der Waals surface area (Å²) in [7, 11) is 0. The Balaban J connectivity index is 2.46. The molecule has 0 aliphatic rings. The van der Waals surface area contributed by atoms with Crippen LogP contribution in [-0.2, 0) is 5.88 Å². The lowest BCUT2D eigenvalue weighted by Crippen LogP contribution is -1.97. The summed E-state index contributed by atoms with van der Waals surface area (Å²) in [5.41, 5.74) is 2.48. The summed E-state index contributed by atoms with van der Waals surface area (Å²) in [6.45, 7) is 3.65. The summed E-state index contributed by atoms with van der Waals surface area (Å²) in [4.78, 5) is 10.7. The first-order valence-corrected chi connectivity index (χ1v) is 7.53. The van der Waals surface area contributed by atoms with Gasteiger partial charge in [-0.2, -0.15) is 0 Å². The lowest BCUT2D eigenvalue weighted by molar-refractivity contribution is -0.385. The van der Waals surface area contributed by atoms with Gasteiger partial charge in [0.1, 0.15) is 5.75 Å². The molecule has 0 bridgehead atoms. The summed E-state index contributed by atoms with van der Waals surface area (Å²) in [6, 6.07) is 8.74. The number of nitro benzene ring substituents is 1. The van der Waals surface area contributed by atoms with Gasteiger partial charge in [-0.1, -0.05) is 28.1 Å². The Labute approximate surface area is 136 Å². The van der Waals surface area contributed by atoms with Crippen LogP contribution >= 0.6 is 27.5 Å². The topological polar surface area (TPSA) is 52.4 Å². The van der Waals surface area contributed by atoms with Gasteiger partial charge in [0, 0.05) is 16.4 Å². The molecule has 21 heavy (non-hydrogen) atoms. The van der Waals surface area contributed by atoms with Crippen LogP contribution in [0, 0.1) is 24.0 Å². The zero-order chi connectivity index (χ0) is 15.6. The molecule has 0 aromatic heterocycles. The van der Waals surface area contributed by atoms with Gasteiger partial charge in [0.15, 0.2) is 0 Å². The molecule has 0 heterocycles. The van der Waals surface area contributed by atoms with Crippen molar-refractivity contribution in [1.82, 2.24) is 0 Å². The summed E-state index contributed by atoms with van der Waals surface area (Å²) < 4.78 is 6.43. The predicted octanol–water partition coefficient (Wildman–Crippen LogP) is 5.51. The number of alkyl halides is 1. The molecule has 0 fully saturated rings. The summed E-state index contributed by atoms with van der Waals surface area (Å²) in [6.07, 6.45) is 0. The number of nitrogens with zero attached hydrogens (tertiary/aromatic N) is 1. The van der Waals surface area contributed by atoms with Gasteiger partial charge in [0.05, 0.1) is 4.92 Å². The molecule has 2 aromatic carbocycles. The molecule has 2 aromatic rings. The van der Waals surface area contributed by atoms with E-state index in [1.54, 1.807) is 19.1 Å². The maximum Gasteiger partial charge on any atom is 0.312 e. The van der Waals surface area contributed by atoms with Crippen LogP contribution in [0.1, 0.15) is 16.7 Å². The molecule has 0 saturated carbocycles. The fourth-order valence-electron chi connectivity index (χ4n) is 2.00. The quantitative estimate of drug-likeness (QED) is 0.405. The summed E-state index contributed by atoms with van der Waals surface area (Å²) in [5.74, 6) is 1.25. The first kappa shape index (κ1) is 15.8. The third-order valence-corrected chi connectivity index (χ3v) is 3.79. The third-order valence-electron chi connectivity index (χ3n) is 3.02. The molecule has 0 unspecified atom stereocenters. The normalized spacial score (nSPS) is 10.5. The van der Waals surface area contributed by atoms with Crippen LogP contribution in [-0.4, -0.2) is 4.92 Å². The predicted molar refractivity (Wildman–Crippen MR) is 86.3 cm³/mol. The lowest BCUT2D eigenvalue weighted by Gasteiger charge is -2.12. The number of benzene rings is 2. The molecule has 0 spiro atoms. The Bertz CT molecular complexity index is 704. The van der Waals surface area contributed by atoms with Crippen molar-refractivity contribution in [2.45, 2.75) is 19.7 Å². The smallest absolute Gasteiger partial charge is 0.312 e. The fraction of sp³-hybridized carbons (Fsp3) is 0.200. The van der Waals surface area contributed by atoms with E-state index in [1.807, 2.05) is 19.1 Å². The average Bonchev–Trinajstić information content (AvgIpc) is 2.42. The van der Waals surface area contributed by atoms with E-state index in [-0.39, 0.29) is 11.4 Å². The number of nitro groups is 1. The lowest BCUT2D eigenvalue weighted by atomic mass is 10.1. The molecule has 0 atom stereocenters. The van der Waals surface area contributed by atoms with Crippen LogP contribution in [0.15, 0.2) is 34.8 Å². The number of aryl methyl sites for hydroxylation is 2. The monoisotopic (exact) mass is 369 g/mol. The number of ether oxygens (including phenoxy) is 1. The molecule has 0 amide bonds. The second-order valence-electron chi connectivity index (χ2n) is 4.66. The second-order valence-corrected chi connectivity index (χ2v) is 5.85. The first-order chi connectivity index (χ1) is 9.92. The SMILES string of the molecule is Cc1cc(CCl)ccc1Oc1c(C)cc(Br)cc1[N+](=O)[O-]. The van der Waals surface area contributed by atoms with E-state index in [9.17, 15) is 10.1 Å². The van der Waals surface area contributed by atoms with E-state index >= 15 is 0 Å². The number of hydrogen-bond donors (Lipinski definition) is 0. The summed E-state index contributed by atoms with van der Waals surface area (Å²) in [5, 5.41) is 11.2. The Morgan fingerprint density at radius 3 is 2.52 bits per heavy atom. The Kier molecular flexibility index (Phi) is 4.85. The highest BCUT2D eigenvalue weighted by atomic mass is 79.9. The van der Waals surface area contributed by atoms with E-state index in [0.29, 0.717) is 21.7 Å². The number of rotatable bonds is 4. The van der Waals surface area contributed by atoms with Gasteiger partial charge in [-0.3, -0.25) is 10.1 Å². The van der Waals surface area contributed by atoms with E-state index in [4.69, 9.17) is 16.3 Å². The largest absolute Gasteiger partial charge is 0.450 e. The fourth-order valence-corrected chi connectivity index (χ4v) is 2.73. The maximum absolute atomic E-state index is 11.2. The molecular weight excluding hydrogens is 358 g/mol. The minimum Gasteiger partial charge on any atom is -0.450 e. The van der Waals surface area contributed by atoms with Gasteiger partial charge < -0.3 is 4.74 Å². The van der Waals surface area contributed by atoms with E-state index in [2.05, 4.69) is 15.9 Å². The van der Waals surface area contributed by atoms with Crippen LogP contribution in [0.4, 0.5) is 5.69 Å². The molecular formula is C15H13BrClNO3. The molecule has 2 rings (SSSR count). The van der Waals surface area contributed by atoms with Crippen LogP contribution in [0.5, 0.6) is 11.5 Å². The molecule has 0 radical (unpaired) electrons. The molecule has 6 heteroatoms. The summed E-state index contributed by atoms with van der Waals surface area (Å²) >= 11 is 9.05. The molecule has 110 valence electrons. The Morgan fingerprint density at radius 1 is 1.24 bits per heavy atom. The molecule has 0 aliphatic heterocycles. The van der Waals surface area contributed by atoms with Crippen molar-refractivity contribution in [3.05, 3.63) is 61.6 Å². The van der Waals surface area contributed by atoms with Crippen molar-refractivity contribution in [1.29, 1.82) is 0 Å².